The molecule has 7 nitrogen and oxygen atoms in total. The molecule has 0 bridgehead atoms. The summed E-state index contributed by atoms with van der Waals surface area (Å²) in [5.41, 5.74) is 11.6. The number of fused-ring (bicyclic) bond motifs is 2. The molecule has 0 atom stereocenters. The number of benzene rings is 2. The van der Waals surface area contributed by atoms with Gasteiger partial charge in [-0.3, -0.25) is 4.79 Å². The number of nitrogens with two attached hydrogens (primary N) is 1. The highest BCUT2D eigenvalue weighted by atomic mass is 19.3. The average molecular weight is 507 g/mol. The van der Waals surface area contributed by atoms with Crippen LogP contribution in [-0.4, -0.2) is 65.5 Å². The van der Waals surface area contributed by atoms with E-state index in [-0.39, 0.29) is 24.9 Å². The van der Waals surface area contributed by atoms with Crippen LogP contribution < -0.4 is 15.5 Å². The van der Waals surface area contributed by atoms with Crippen molar-refractivity contribution in [2.45, 2.75) is 51.1 Å². The highest BCUT2D eigenvalue weighted by molar-refractivity contribution is 5.95. The first-order chi connectivity index (χ1) is 17.8. The molecule has 2 N–H and O–H groups in total. The lowest BCUT2D eigenvalue weighted by atomic mass is 9.96. The number of aryl methyl sites for hydroxylation is 1. The van der Waals surface area contributed by atoms with Gasteiger partial charge in [0.2, 0.25) is 0 Å². The van der Waals surface area contributed by atoms with E-state index >= 15 is 0 Å². The summed E-state index contributed by atoms with van der Waals surface area (Å²) in [5, 5.41) is 0.869. The maximum Gasteiger partial charge on any atom is 0.266 e. The van der Waals surface area contributed by atoms with Crippen LogP contribution >= 0.6 is 0 Å². The van der Waals surface area contributed by atoms with Gasteiger partial charge in [-0.25, -0.2) is 18.7 Å². The minimum absolute atomic E-state index is 0.0574. The van der Waals surface area contributed by atoms with Crippen LogP contribution in [0.2, 0.25) is 0 Å². The predicted molar refractivity (Wildman–Crippen MR) is 140 cm³/mol. The summed E-state index contributed by atoms with van der Waals surface area (Å²) in [6, 6.07) is 10.1. The van der Waals surface area contributed by atoms with Crippen LogP contribution in [0.4, 0.5) is 20.3 Å². The van der Waals surface area contributed by atoms with Gasteiger partial charge in [-0.2, -0.15) is 0 Å². The first-order valence-corrected chi connectivity index (χ1v) is 13.1. The lowest BCUT2D eigenvalue weighted by Crippen LogP contribution is -2.43. The Labute approximate surface area is 215 Å². The zero-order chi connectivity index (χ0) is 25.7. The quantitative estimate of drug-likeness (QED) is 0.581. The number of hydrogen-bond donors (Lipinski definition) is 1. The van der Waals surface area contributed by atoms with Gasteiger partial charge in [-0.05, 0) is 67.1 Å². The Morgan fingerprint density at radius 2 is 1.84 bits per heavy atom. The van der Waals surface area contributed by atoms with Crippen molar-refractivity contribution < 1.29 is 13.6 Å². The second-order valence-electron chi connectivity index (χ2n) is 10.7. The molecule has 2 fully saturated rings. The van der Waals surface area contributed by atoms with Gasteiger partial charge in [0.05, 0.1) is 12.1 Å². The molecule has 0 unspecified atom stereocenters. The summed E-state index contributed by atoms with van der Waals surface area (Å²) >= 11 is 0. The van der Waals surface area contributed by atoms with E-state index in [0.717, 1.165) is 59.3 Å². The van der Waals surface area contributed by atoms with Crippen LogP contribution in [0.3, 0.4) is 0 Å². The van der Waals surface area contributed by atoms with Crippen LogP contribution in [0.1, 0.15) is 46.3 Å². The third-order valence-electron chi connectivity index (χ3n) is 8.02. The molecule has 3 aliphatic heterocycles. The SMILES string of the molecule is Cc1cc(N2CCC(F)(F)C2)cc2c(N3CCc4ccc(C(=O)N5CCC(N)CC5)cc4C3)ncnc12. The summed E-state index contributed by atoms with van der Waals surface area (Å²) in [4.78, 5) is 28.2. The van der Waals surface area contributed by atoms with Crippen LogP contribution in [0, 0.1) is 6.92 Å². The summed E-state index contributed by atoms with van der Waals surface area (Å²) in [6.45, 7) is 4.82. The molecule has 3 aliphatic rings. The van der Waals surface area contributed by atoms with E-state index in [2.05, 4.69) is 20.9 Å². The Hall–Kier alpha value is -3.33. The van der Waals surface area contributed by atoms with Crippen molar-refractivity contribution in [3.05, 3.63) is 58.9 Å². The van der Waals surface area contributed by atoms with Crippen molar-refractivity contribution >= 4 is 28.3 Å². The van der Waals surface area contributed by atoms with Crippen molar-refractivity contribution in [1.82, 2.24) is 14.9 Å². The van der Waals surface area contributed by atoms with Crippen molar-refractivity contribution in [1.29, 1.82) is 0 Å². The number of alkyl halides is 2. The van der Waals surface area contributed by atoms with Gasteiger partial charge in [0.25, 0.3) is 11.8 Å². The first kappa shape index (κ1) is 24.0. The number of amides is 1. The Balaban J connectivity index is 1.29. The smallest absolute Gasteiger partial charge is 0.266 e. The van der Waals surface area contributed by atoms with Gasteiger partial charge in [0, 0.05) is 61.8 Å². The molecule has 1 amide bonds. The summed E-state index contributed by atoms with van der Waals surface area (Å²) < 4.78 is 27.8. The highest BCUT2D eigenvalue weighted by Gasteiger charge is 2.38. The Bertz CT molecular complexity index is 1350. The minimum atomic E-state index is -2.66. The van der Waals surface area contributed by atoms with Gasteiger partial charge in [0.1, 0.15) is 12.1 Å². The molecule has 0 aliphatic carbocycles. The average Bonchev–Trinajstić information content (AvgIpc) is 3.27. The first-order valence-electron chi connectivity index (χ1n) is 13.1. The molecular weight excluding hydrogens is 474 g/mol. The van der Waals surface area contributed by atoms with Crippen LogP contribution in [0.25, 0.3) is 10.9 Å². The zero-order valence-electron chi connectivity index (χ0n) is 21.1. The van der Waals surface area contributed by atoms with Gasteiger partial charge < -0.3 is 20.4 Å². The van der Waals surface area contributed by atoms with Crippen molar-refractivity contribution in [2.75, 3.05) is 42.5 Å². The van der Waals surface area contributed by atoms with E-state index in [4.69, 9.17) is 5.73 Å². The van der Waals surface area contributed by atoms with E-state index < -0.39 is 5.92 Å². The van der Waals surface area contributed by atoms with Crippen molar-refractivity contribution in [2.24, 2.45) is 5.73 Å². The fourth-order valence-corrected chi connectivity index (χ4v) is 5.86. The third-order valence-corrected chi connectivity index (χ3v) is 8.02. The predicted octanol–water partition coefficient (Wildman–Crippen LogP) is 3.91. The number of carbonyl (C=O) groups is 1. The molecule has 194 valence electrons. The number of likely N-dealkylation sites (tertiary alicyclic amines) is 1. The molecule has 6 rings (SSSR count). The molecule has 0 saturated carbocycles. The number of piperidine rings is 1. The van der Waals surface area contributed by atoms with E-state index in [1.165, 1.54) is 5.56 Å². The van der Waals surface area contributed by atoms with Gasteiger partial charge in [-0.15, -0.1) is 0 Å². The number of anilines is 2. The summed E-state index contributed by atoms with van der Waals surface area (Å²) in [5.74, 6) is -1.81. The van der Waals surface area contributed by atoms with E-state index in [1.807, 2.05) is 36.1 Å². The number of hydrogen-bond acceptors (Lipinski definition) is 6. The molecule has 1 aromatic heterocycles. The third kappa shape index (κ3) is 4.61. The minimum Gasteiger partial charge on any atom is -0.365 e. The molecule has 37 heavy (non-hydrogen) atoms. The van der Waals surface area contributed by atoms with Gasteiger partial charge in [0.15, 0.2) is 0 Å². The number of aromatic nitrogens is 2. The van der Waals surface area contributed by atoms with E-state index in [0.29, 0.717) is 31.7 Å². The Morgan fingerprint density at radius 3 is 2.59 bits per heavy atom. The molecule has 9 heteroatoms. The Morgan fingerprint density at radius 1 is 1.03 bits per heavy atom. The van der Waals surface area contributed by atoms with E-state index in [9.17, 15) is 13.6 Å². The largest absolute Gasteiger partial charge is 0.365 e. The van der Waals surface area contributed by atoms with Crippen LogP contribution in [0.15, 0.2) is 36.7 Å². The number of rotatable bonds is 3. The maximum absolute atomic E-state index is 13.9. The number of nitrogens with zero attached hydrogens (tertiary/aromatic N) is 5. The van der Waals surface area contributed by atoms with Crippen LogP contribution in [-0.2, 0) is 13.0 Å². The molecular formula is C28H32F2N6O. The second-order valence-corrected chi connectivity index (χ2v) is 10.7. The standard InChI is InChI=1S/C28H32F2N6O/c1-18-12-23(36-11-7-28(29,30)16-36)14-24-25(18)32-17-33-26(24)35-8-4-19-2-3-20(13-21(19)15-35)27(37)34-9-5-22(31)6-10-34/h2-3,12-14,17,22H,4-11,15-16,31H2,1H3. The van der Waals surface area contributed by atoms with Crippen molar-refractivity contribution in [3.63, 3.8) is 0 Å². The lowest BCUT2D eigenvalue weighted by Gasteiger charge is -2.32. The van der Waals surface area contributed by atoms with Crippen LogP contribution in [0.5, 0.6) is 0 Å². The fourth-order valence-electron chi connectivity index (χ4n) is 5.86. The van der Waals surface area contributed by atoms with Gasteiger partial charge >= 0.3 is 0 Å². The highest BCUT2D eigenvalue weighted by Crippen LogP contribution is 2.36. The fraction of sp³-hybridized carbons (Fsp3) is 0.464. The molecule has 0 radical (unpaired) electrons. The molecule has 2 aromatic carbocycles. The zero-order valence-corrected chi connectivity index (χ0v) is 21.1. The normalized spacial score (nSPS) is 19.9. The molecule has 0 spiro atoms. The lowest BCUT2D eigenvalue weighted by molar-refractivity contribution is 0.0257. The number of halogens is 2. The van der Waals surface area contributed by atoms with Crippen molar-refractivity contribution in [3.8, 4) is 0 Å². The molecule has 4 heterocycles. The summed E-state index contributed by atoms with van der Waals surface area (Å²) in [6.07, 6.45) is 3.95. The molecule has 2 saturated heterocycles. The second kappa shape index (κ2) is 9.20. The monoisotopic (exact) mass is 506 g/mol. The Kier molecular flexibility index (Phi) is 5.98. The topological polar surface area (TPSA) is 78.6 Å². The maximum atomic E-state index is 13.9. The van der Waals surface area contributed by atoms with Gasteiger partial charge in [-0.1, -0.05) is 6.07 Å². The molecule has 3 aromatic rings. The number of carbonyl (C=O) groups excluding carboxylic acids is 1. The van der Waals surface area contributed by atoms with E-state index in [1.54, 1.807) is 11.2 Å². The summed E-state index contributed by atoms with van der Waals surface area (Å²) in [7, 11) is 0.